The Morgan fingerprint density at radius 2 is 1.75 bits per heavy atom. The highest BCUT2D eigenvalue weighted by atomic mass is 16.5. The lowest BCUT2D eigenvalue weighted by Crippen LogP contribution is -2.30. The Bertz CT molecular complexity index is 352. The van der Waals surface area contributed by atoms with Crippen LogP contribution in [0.3, 0.4) is 0 Å². The van der Waals surface area contributed by atoms with Crippen LogP contribution in [0.15, 0.2) is 30.3 Å². The van der Waals surface area contributed by atoms with E-state index in [2.05, 4.69) is 30.3 Å². The zero-order valence-electron chi connectivity index (χ0n) is 12.6. The Morgan fingerprint density at radius 1 is 1.00 bits per heavy atom. The van der Waals surface area contributed by atoms with Crippen molar-refractivity contribution in [2.45, 2.75) is 44.9 Å². The van der Waals surface area contributed by atoms with E-state index in [1.807, 2.05) is 0 Å². The molecule has 2 unspecified atom stereocenters. The largest absolute Gasteiger partial charge is 0.381 e. The third kappa shape index (κ3) is 5.26. The highest BCUT2D eigenvalue weighted by Gasteiger charge is 2.23. The summed E-state index contributed by atoms with van der Waals surface area (Å²) < 4.78 is 5.89. The molecule has 2 rings (SSSR count). The van der Waals surface area contributed by atoms with Crippen molar-refractivity contribution < 1.29 is 4.74 Å². The molecule has 20 heavy (non-hydrogen) atoms. The molecule has 2 atom stereocenters. The fourth-order valence-corrected chi connectivity index (χ4v) is 3.23. The van der Waals surface area contributed by atoms with Gasteiger partial charge in [0.15, 0.2) is 0 Å². The molecule has 1 aliphatic carbocycles. The monoisotopic (exact) mass is 275 g/mol. The van der Waals surface area contributed by atoms with E-state index < -0.39 is 0 Å². The Labute approximate surface area is 123 Å². The molecule has 1 aromatic rings. The van der Waals surface area contributed by atoms with Crippen molar-refractivity contribution in [1.82, 2.24) is 0 Å². The molecule has 2 N–H and O–H groups in total. The maximum atomic E-state index is 5.89. The van der Waals surface area contributed by atoms with Gasteiger partial charge < -0.3 is 10.5 Å². The van der Waals surface area contributed by atoms with Crippen molar-refractivity contribution in [3.63, 3.8) is 0 Å². The third-order valence-corrected chi connectivity index (χ3v) is 4.55. The molecular weight excluding hydrogens is 246 g/mol. The van der Waals surface area contributed by atoms with E-state index in [0.29, 0.717) is 11.8 Å². The standard InChI is InChI=1S/C18H29NO/c19-14-17-11-4-5-12-18(17)15-20-13-7-6-10-16-8-2-1-3-9-16/h1-3,8-9,17-18H,4-7,10-15,19H2. The van der Waals surface area contributed by atoms with E-state index in [1.165, 1.54) is 44.1 Å². The van der Waals surface area contributed by atoms with Crippen molar-refractivity contribution in [2.75, 3.05) is 19.8 Å². The average molecular weight is 275 g/mol. The SMILES string of the molecule is NCC1CCCCC1COCCCCc1ccccc1. The van der Waals surface area contributed by atoms with E-state index in [-0.39, 0.29) is 0 Å². The normalized spacial score (nSPS) is 22.9. The number of aryl methyl sites for hydroxylation is 1. The predicted molar refractivity (Wildman–Crippen MR) is 84.7 cm³/mol. The maximum absolute atomic E-state index is 5.89. The number of unbranched alkanes of at least 4 members (excludes halogenated alkanes) is 1. The summed E-state index contributed by atoms with van der Waals surface area (Å²) in [6, 6.07) is 10.7. The summed E-state index contributed by atoms with van der Waals surface area (Å²) in [4.78, 5) is 0. The zero-order valence-corrected chi connectivity index (χ0v) is 12.6. The fraction of sp³-hybridized carbons (Fsp3) is 0.667. The minimum atomic E-state index is 0.702. The summed E-state index contributed by atoms with van der Waals surface area (Å²) in [5.41, 5.74) is 7.29. The molecule has 2 heteroatoms. The van der Waals surface area contributed by atoms with Crippen LogP contribution in [0, 0.1) is 11.8 Å². The van der Waals surface area contributed by atoms with Crippen molar-refractivity contribution in [3.8, 4) is 0 Å². The van der Waals surface area contributed by atoms with Crippen molar-refractivity contribution in [1.29, 1.82) is 0 Å². The van der Waals surface area contributed by atoms with Crippen LogP contribution >= 0.6 is 0 Å². The molecule has 0 heterocycles. The third-order valence-electron chi connectivity index (χ3n) is 4.55. The Balaban J connectivity index is 1.53. The Hall–Kier alpha value is -0.860. The van der Waals surface area contributed by atoms with Gasteiger partial charge >= 0.3 is 0 Å². The molecule has 0 aliphatic heterocycles. The molecule has 1 aromatic carbocycles. The van der Waals surface area contributed by atoms with Gasteiger partial charge in [-0.15, -0.1) is 0 Å². The van der Waals surface area contributed by atoms with E-state index in [1.54, 1.807) is 0 Å². The first-order chi connectivity index (χ1) is 9.90. The number of nitrogens with two attached hydrogens (primary N) is 1. The average Bonchev–Trinajstić information content (AvgIpc) is 2.52. The van der Waals surface area contributed by atoms with Gasteiger partial charge in [0, 0.05) is 13.2 Å². The van der Waals surface area contributed by atoms with E-state index in [4.69, 9.17) is 10.5 Å². The van der Waals surface area contributed by atoms with Gasteiger partial charge in [0.2, 0.25) is 0 Å². The van der Waals surface area contributed by atoms with Crippen LogP contribution in [0.5, 0.6) is 0 Å². The predicted octanol–water partition coefficient (Wildman–Crippen LogP) is 3.79. The van der Waals surface area contributed by atoms with Gasteiger partial charge in [0.25, 0.3) is 0 Å². The van der Waals surface area contributed by atoms with Crippen molar-refractivity contribution >= 4 is 0 Å². The Morgan fingerprint density at radius 3 is 2.50 bits per heavy atom. The molecule has 1 saturated carbocycles. The summed E-state index contributed by atoms with van der Waals surface area (Å²) in [5, 5.41) is 0. The molecule has 0 bridgehead atoms. The second kappa shape index (κ2) is 9.15. The number of benzene rings is 1. The first-order valence-corrected chi connectivity index (χ1v) is 8.22. The number of ether oxygens (including phenoxy) is 1. The van der Waals surface area contributed by atoms with Crippen LogP contribution in [0.2, 0.25) is 0 Å². The molecule has 2 nitrogen and oxygen atoms in total. The zero-order chi connectivity index (χ0) is 14.0. The summed E-state index contributed by atoms with van der Waals surface area (Å²) in [6.07, 6.45) is 8.88. The highest BCUT2D eigenvalue weighted by Crippen LogP contribution is 2.29. The number of rotatable bonds is 8. The first-order valence-electron chi connectivity index (χ1n) is 8.22. The number of hydrogen-bond donors (Lipinski definition) is 1. The van der Waals surface area contributed by atoms with Crippen LogP contribution in [0.4, 0.5) is 0 Å². The summed E-state index contributed by atoms with van der Waals surface area (Å²) >= 11 is 0. The molecule has 1 fully saturated rings. The van der Waals surface area contributed by atoms with Crippen LogP contribution < -0.4 is 5.73 Å². The van der Waals surface area contributed by atoms with Gasteiger partial charge in [-0.05, 0) is 56.0 Å². The van der Waals surface area contributed by atoms with Gasteiger partial charge in [0.05, 0.1) is 0 Å². The molecule has 0 radical (unpaired) electrons. The Kier molecular flexibility index (Phi) is 7.10. The van der Waals surface area contributed by atoms with Crippen molar-refractivity contribution in [2.24, 2.45) is 17.6 Å². The minimum Gasteiger partial charge on any atom is -0.381 e. The summed E-state index contributed by atoms with van der Waals surface area (Å²) in [7, 11) is 0. The highest BCUT2D eigenvalue weighted by molar-refractivity contribution is 5.14. The van der Waals surface area contributed by atoms with E-state index >= 15 is 0 Å². The fourth-order valence-electron chi connectivity index (χ4n) is 3.23. The van der Waals surface area contributed by atoms with Crippen molar-refractivity contribution in [3.05, 3.63) is 35.9 Å². The molecule has 1 aliphatic rings. The lowest BCUT2D eigenvalue weighted by Gasteiger charge is -2.30. The van der Waals surface area contributed by atoms with Gasteiger partial charge in [0.1, 0.15) is 0 Å². The van der Waals surface area contributed by atoms with Crippen LogP contribution in [0.25, 0.3) is 0 Å². The van der Waals surface area contributed by atoms with Crippen LogP contribution in [-0.4, -0.2) is 19.8 Å². The summed E-state index contributed by atoms with van der Waals surface area (Å²) in [5.74, 6) is 1.41. The van der Waals surface area contributed by atoms with Crippen LogP contribution in [0.1, 0.15) is 44.1 Å². The molecule has 0 amide bonds. The molecule has 0 spiro atoms. The van der Waals surface area contributed by atoms with Gasteiger partial charge in [-0.3, -0.25) is 0 Å². The van der Waals surface area contributed by atoms with E-state index in [0.717, 1.165) is 26.2 Å². The van der Waals surface area contributed by atoms with Gasteiger partial charge in [-0.1, -0.05) is 43.2 Å². The maximum Gasteiger partial charge on any atom is 0.0497 e. The van der Waals surface area contributed by atoms with Gasteiger partial charge in [-0.2, -0.15) is 0 Å². The first kappa shape index (κ1) is 15.5. The van der Waals surface area contributed by atoms with Crippen LogP contribution in [-0.2, 0) is 11.2 Å². The smallest absolute Gasteiger partial charge is 0.0497 e. The molecule has 112 valence electrons. The summed E-state index contributed by atoms with van der Waals surface area (Å²) in [6.45, 7) is 2.66. The minimum absolute atomic E-state index is 0.702. The van der Waals surface area contributed by atoms with Gasteiger partial charge in [-0.25, -0.2) is 0 Å². The van der Waals surface area contributed by atoms with E-state index in [9.17, 15) is 0 Å². The molecule has 0 aromatic heterocycles. The molecular formula is C18H29NO. The second-order valence-electron chi connectivity index (χ2n) is 6.06. The quantitative estimate of drug-likeness (QED) is 0.733. The number of hydrogen-bond acceptors (Lipinski definition) is 2. The second-order valence-corrected chi connectivity index (χ2v) is 6.06. The topological polar surface area (TPSA) is 35.2 Å². The lowest BCUT2D eigenvalue weighted by atomic mass is 9.80. The molecule has 0 saturated heterocycles. The lowest BCUT2D eigenvalue weighted by molar-refractivity contribution is 0.0591.